The Morgan fingerprint density at radius 3 is 2.90 bits per heavy atom. The molecule has 0 aliphatic heterocycles. The van der Waals surface area contributed by atoms with Gasteiger partial charge in [-0.15, -0.1) is 11.3 Å². The summed E-state index contributed by atoms with van der Waals surface area (Å²) in [6, 6.07) is 0. The number of halogens is 2. The van der Waals surface area contributed by atoms with Crippen LogP contribution in [0.1, 0.15) is 16.3 Å². The summed E-state index contributed by atoms with van der Waals surface area (Å²) in [5, 5.41) is 1.33. The molecule has 108 valence electrons. The minimum atomic E-state index is -0.107. The van der Waals surface area contributed by atoms with E-state index in [0.29, 0.717) is 14.5 Å². The van der Waals surface area contributed by atoms with Crippen LogP contribution in [0.3, 0.4) is 0 Å². The lowest BCUT2D eigenvalue weighted by Crippen LogP contribution is -2.23. The number of hydrogen-bond acceptors (Lipinski definition) is 5. The van der Waals surface area contributed by atoms with Gasteiger partial charge >= 0.3 is 0 Å². The largest absolute Gasteiger partial charge is 0.291 e. The van der Waals surface area contributed by atoms with E-state index in [9.17, 15) is 4.79 Å². The molecule has 0 bridgehead atoms. The fraction of sp³-hybridized carbons (Fsp3) is 0.231. The first-order valence-electron chi connectivity index (χ1n) is 6.09. The first-order valence-corrected chi connectivity index (χ1v) is 8.36. The van der Waals surface area contributed by atoms with Gasteiger partial charge in [-0.25, -0.2) is 15.0 Å². The van der Waals surface area contributed by atoms with Crippen molar-refractivity contribution < 1.29 is 0 Å². The van der Waals surface area contributed by atoms with E-state index in [1.54, 1.807) is 11.3 Å². The maximum Gasteiger partial charge on any atom is 0.267 e. The number of aromatic nitrogens is 4. The molecule has 0 radical (unpaired) electrons. The number of nitrogens with zero attached hydrogens (tertiary/aromatic N) is 4. The van der Waals surface area contributed by atoms with E-state index in [2.05, 4.69) is 15.0 Å². The lowest BCUT2D eigenvalue weighted by molar-refractivity contribution is 0.696. The summed E-state index contributed by atoms with van der Waals surface area (Å²) in [6.07, 6.45) is 3.01. The zero-order chi connectivity index (χ0) is 15.1. The number of hydrogen-bond donors (Lipinski definition) is 0. The van der Waals surface area contributed by atoms with Crippen molar-refractivity contribution in [3.05, 3.63) is 47.9 Å². The fourth-order valence-electron chi connectivity index (χ4n) is 2.00. The van der Waals surface area contributed by atoms with Crippen LogP contribution in [0.4, 0.5) is 0 Å². The van der Waals surface area contributed by atoms with Gasteiger partial charge < -0.3 is 0 Å². The van der Waals surface area contributed by atoms with Crippen LogP contribution < -0.4 is 5.56 Å². The van der Waals surface area contributed by atoms with Gasteiger partial charge in [0.1, 0.15) is 9.98 Å². The van der Waals surface area contributed by atoms with E-state index in [0.717, 1.165) is 15.8 Å². The Kier molecular flexibility index (Phi) is 3.98. The topological polar surface area (TPSA) is 60.7 Å². The summed E-state index contributed by atoms with van der Waals surface area (Å²) in [5.74, 6) is 0.514. The molecule has 3 aromatic rings. The quantitative estimate of drug-likeness (QED) is 0.461. The highest BCUT2D eigenvalue weighted by atomic mass is 127. The molecule has 0 aromatic carbocycles. The van der Waals surface area contributed by atoms with Crippen molar-refractivity contribution in [3.63, 3.8) is 0 Å². The highest BCUT2D eigenvalue weighted by Crippen LogP contribution is 2.32. The van der Waals surface area contributed by atoms with Crippen LogP contribution in [-0.2, 0) is 6.54 Å². The van der Waals surface area contributed by atoms with Gasteiger partial charge in [-0.05, 0) is 42.0 Å². The van der Waals surface area contributed by atoms with Gasteiger partial charge in [0, 0.05) is 11.1 Å². The van der Waals surface area contributed by atoms with Crippen molar-refractivity contribution in [2.45, 2.75) is 20.4 Å². The monoisotopic (exact) mass is 432 g/mol. The summed E-state index contributed by atoms with van der Waals surface area (Å²) < 4.78 is 2.04. The lowest BCUT2D eigenvalue weighted by Gasteiger charge is -2.05. The Hall–Kier alpha value is -1.06. The molecule has 0 saturated heterocycles. The standard InChI is InChI=1S/C13H10ClIN4OS/c1-6-7(2)21-12-10(6)11(14)17-9(18-12)4-19-5-16-3-8(15)13(19)20/h3,5H,4H2,1-2H3. The first kappa shape index (κ1) is 14.9. The molecule has 3 heterocycles. The van der Waals surface area contributed by atoms with Gasteiger partial charge in [0.25, 0.3) is 5.56 Å². The average molecular weight is 433 g/mol. The normalized spacial score (nSPS) is 11.2. The summed E-state index contributed by atoms with van der Waals surface area (Å²) >= 11 is 9.81. The van der Waals surface area contributed by atoms with Crippen molar-refractivity contribution in [1.29, 1.82) is 0 Å². The predicted molar refractivity (Wildman–Crippen MR) is 92.2 cm³/mol. The molecule has 0 amide bonds. The second-order valence-corrected chi connectivity index (χ2v) is 7.29. The van der Waals surface area contributed by atoms with E-state index in [-0.39, 0.29) is 12.1 Å². The highest BCUT2D eigenvalue weighted by molar-refractivity contribution is 14.1. The third kappa shape index (κ3) is 2.69. The molecule has 0 aliphatic carbocycles. The van der Waals surface area contributed by atoms with Crippen molar-refractivity contribution in [2.24, 2.45) is 0 Å². The van der Waals surface area contributed by atoms with Crippen molar-refractivity contribution in [2.75, 3.05) is 0 Å². The second-order valence-electron chi connectivity index (χ2n) is 4.57. The van der Waals surface area contributed by atoms with Crippen LogP contribution in [0.5, 0.6) is 0 Å². The van der Waals surface area contributed by atoms with Crippen LogP contribution in [0.2, 0.25) is 5.15 Å². The molecular formula is C13H10ClIN4OS. The molecule has 0 aliphatic rings. The Bertz CT molecular complexity index is 905. The SMILES string of the molecule is Cc1sc2nc(Cn3cncc(I)c3=O)nc(Cl)c2c1C. The number of thiophene rings is 1. The zero-order valence-electron chi connectivity index (χ0n) is 11.2. The molecule has 0 spiro atoms. The smallest absolute Gasteiger partial charge is 0.267 e. The van der Waals surface area contributed by atoms with E-state index in [4.69, 9.17) is 11.6 Å². The molecule has 0 atom stereocenters. The Morgan fingerprint density at radius 2 is 2.14 bits per heavy atom. The molecule has 0 saturated carbocycles. The van der Waals surface area contributed by atoms with E-state index in [1.165, 1.54) is 22.0 Å². The zero-order valence-corrected chi connectivity index (χ0v) is 15.0. The van der Waals surface area contributed by atoms with Crippen LogP contribution >= 0.6 is 45.5 Å². The Labute approximate surface area is 143 Å². The van der Waals surface area contributed by atoms with Gasteiger partial charge in [-0.2, -0.15) is 0 Å². The molecule has 0 unspecified atom stereocenters. The molecule has 0 N–H and O–H groups in total. The molecule has 5 nitrogen and oxygen atoms in total. The lowest BCUT2D eigenvalue weighted by atomic mass is 10.2. The molecule has 3 rings (SSSR count). The van der Waals surface area contributed by atoms with Gasteiger partial charge in [-0.3, -0.25) is 9.36 Å². The van der Waals surface area contributed by atoms with Gasteiger partial charge in [0.2, 0.25) is 0 Å². The Balaban J connectivity index is 2.10. The third-order valence-corrected chi connectivity index (χ3v) is 5.32. The van der Waals surface area contributed by atoms with Crippen LogP contribution in [0, 0.1) is 17.4 Å². The minimum absolute atomic E-state index is 0.107. The molecule has 8 heteroatoms. The van der Waals surface area contributed by atoms with Crippen molar-refractivity contribution in [3.8, 4) is 0 Å². The van der Waals surface area contributed by atoms with Crippen LogP contribution in [-0.4, -0.2) is 19.5 Å². The summed E-state index contributed by atoms with van der Waals surface area (Å²) in [7, 11) is 0. The number of fused-ring (bicyclic) bond motifs is 1. The third-order valence-electron chi connectivity index (χ3n) is 3.20. The average Bonchev–Trinajstić information content (AvgIpc) is 2.71. The first-order chi connectivity index (χ1) is 9.97. The van der Waals surface area contributed by atoms with Gasteiger partial charge in [0.15, 0.2) is 5.82 Å². The molecular weight excluding hydrogens is 423 g/mol. The van der Waals surface area contributed by atoms with Gasteiger partial charge in [-0.1, -0.05) is 11.6 Å². The van der Waals surface area contributed by atoms with Crippen molar-refractivity contribution in [1.82, 2.24) is 19.5 Å². The predicted octanol–water partition coefficient (Wildman–Crippen LogP) is 3.17. The maximum absolute atomic E-state index is 12.0. The number of aryl methyl sites for hydroxylation is 2. The van der Waals surface area contributed by atoms with Crippen molar-refractivity contribution >= 4 is 55.7 Å². The molecule has 0 fully saturated rings. The highest BCUT2D eigenvalue weighted by Gasteiger charge is 2.14. The van der Waals surface area contributed by atoms with Gasteiger partial charge in [0.05, 0.1) is 21.8 Å². The number of rotatable bonds is 2. The van der Waals surface area contributed by atoms with E-state index in [1.807, 2.05) is 36.4 Å². The minimum Gasteiger partial charge on any atom is -0.291 e. The van der Waals surface area contributed by atoms with E-state index >= 15 is 0 Å². The second kappa shape index (κ2) is 5.62. The molecule has 3 aromatic heterocycles. The van der Waals surface area contributed by atoms with Crippen LogP contribution in [0.15, 0.2) is 17.3 Å². The van der Waals surface area contributed by atoms with E-state index < -0.39 is 0 Å². The Morgan fingerprint density at radius 1 is 1.38 bits per heavy atom. The summed E-state index contributed by atoms with van der Waals surface area (Å²) in [5.41, 5.74) is 1.00. The summed E-state index contributed by atoms with van der Waals surface area (Å²) in [6.45, 7) is 4.30. The maximum atomic E-state index is 12.0. The molecule has 21 heavy (non-hydrogen) atoms. The fourth-order valence-corrected chi connectivity index (χ4v) is 3.91. The van der Waals surface area contributed by atoms with Crippen LogP contribution in [0.25, 0.3) is 10.2 Å². The summed E-state index contributed by atoms with van der Waals surface area (Å²) in [4.78, 5) is 26.9.